The van der Waals surface area contributed by atoms with Crippen LogP contribution in [-0.4, -0.2) is 15.2 Å². The summed E-state index contributed by atoms with van der Waals surface area (Å²) in [5, 5.41) is 24.5. The van der Waals surface area contributed by atoms with Gasteiger partial charge in [0.25, 0.3) is 5.69 Å². The van der Waals surface area contributed by atoms with Crippen molar-refractivity contribution in [1.29, 1.82) is 0 Å². The predicted molar refractivity (Wildman–Crippen MR) is 87.7 cm³/mol. The smallest absolute Gasteiger partial charge is 0.269 e. The summed E-state index contributed by atoms with van der Waals surface area (Å²) in [7, 11) is 0. The average Bonchev–Trinajstić information content (AvgIpc) is 2.98. The monoisotopic (exact) mass is 374 g/mol. The Hall–Kier alpha value is -2.51. The van der Waals surface area contributed by atoms with Gasteiger partial charge in [-0.15, -0.1) is 0 Å². The Bertz CT molecular complexity index is 859. The molecule has 23 heavy (non-hydrogen) atoms. The number of nitro benzene ring substituents is 1. The third kappa shape index (κ3) is 3.01. The summed E-state index contributed by atoms with van der Waals surface area (Å²) in [5.41, 5.74) is 2.50. The third-order valence-electron chi connectivity index (χ3n) is 3.38. The van der Waals surface area contributed by atoms with E-state index < -0.39 is 4.92 Å². The number of nitro groups is 1. The number of aliphatic hydroxyl groups excluding tert-OH is 1. The Kier molecular flexibility index (Phi) is 4.22. The van der Waals surface area contributed by atoms with Crippen LogP contribution in [0.15, 0.2) is 57.5 Å². The quantitative estimate of drug-likeness (QED) is 0.546. The number of aromatic nitrogens is 1. The van der Waals surface area contributed by atoms with Gasteiger partial charge < -0.3 is 9.63 Å². The zero-order chi connectivity index (χ0) is 16.4. The summed E-state index contributed by atoms with van der Waals surface area (Å²) in [6.45, 7) is -0.252. The number of aliphatic hydroxyl groups is 1. The van der Waals surface area contributed by atoms with Gasteiger partial charge in [-0.3, -0.25) is 10.1 Å². The molecule has 0 radical (unpaired) electrons. The van der Waals surface area contributed by atoms with Crippen LogP contribution in [0.1, 0.15) is 5.56 Å². The number of hydrogen-bond donors (Lipinski definition) is 1. The number of halogens is 1. The molecule has 0 unspecified atom stereocenters. The topological polar surface area (TPSA) is 89.4 Å². The van der Waals surface area contributed by atoms with Gasteiger partial charge in [0.05, 0.1) is 17.1 Å². The van der Waals surface area contributed by atoms with Crippen molar-refractivity contribution in [1.82, 2.24) is 5.16 Å². The second-order valence-corrected chi connectivity index (χ2v) is 5.73. The standard InChI is InChI=1S/C16H11BrN2O4/c17-12-3-1-2-11(8-12)15-14(9-20)16(23-18-15)10-4-6-13(7-5-10)19(21)22/h1-8,20H,9H2. The molecule has 0 saturated heterocycles. The van der Waals surface area contributed by atoms with Gasteiger partial charge >= 0.3 is 0 Å². The van der Waals surface area contributed by atoms with Gasteiger partial charge in [-0.25, -0.2) is 0 Å². The molecular weight excluding hydrogens is 364 g/mol. The first-order chi connectivity index (χ1) is 11.1. The number of benzene rings is 2. The highest BCUT2D eigenvalue weighted by Crippen LogP contribution is 2.33. The van der Waals surface area contributed by atoms with Crippen LogP contribution in [-0.2, 0) is 6.61 Å². The maximum absolute atomic E-state index is 10.7. The van der Waals surface area contributed by atoms with Crippen LogP contribution in [0.25, 0.3) is 22.6 Å². The lowest BCUT2D eigenvalue weighted by Crippen LogP contribution is -1.90. The van der Waals surface area contributed by atoms with Crippen molar-refractivity contribution < 1.29 is 14.6 Å². The summed E-state index contributed by atoms with van der Waals surface area (Å²) in [5.74, 6) is 0.400. The van der Waals surface area contributed by atoms with Crippen LogP contribution >= 0.6 is 15.9 Å². The highest BCUT2D eigenvalue weighted by molar-refractivity contribution is 9.10. The first-order valence-corrected chi connectivity index (χ1v) is 7.49. The first-order valence-electron chi connectivity index (χ1n) is 6.70. The Labute approximate surface area is 139 Å². The Balaban J connectivity index is 2.06. The van der Waals surface area contributed by atoms with E-state index in [0.717, 1.165) is 10.0 Å². The van der Waals surface area contributed by atoms with E-state index in [-0.39, 0.29) is 12.3 Å². The molecule has 7 heteroatoms. The summed E-state index contributed by atoms with van der Waals surface area (Å²) < 4.78 is 6.26. The van der Waals surface area contributed by atoms with Gasteiger partial charge in [0, 0.05) is 27.7 Å². The van der Waals surface area contributed by atoms with Gasteiger partial charge in [0.1, 0.15) is 5.69 Å². The van der Waals surface area contributed by atoms with Crippen molar-refractivity contribution in [3.05, 3.63) is 68.7 Å². The SMILES string of the molecule is O=[N+]([O-])c1ccc(-c2onc(-c3cccc(Br)c3)c2CO)cc1. The van der Waals surface area contributed by atoms with E-state index >= 15 is 0 Å². The fourth-order valence-corrected chi connectivity index (χ4v) is 2.68. The molecule has 0 saturated carbocycles. The number of rotatable bonds is 4. The summed E-state index contributed by atoms with van der Waals surface area (Å²) >= 11 is 3.39. The lowest BCUT2D eigenvalue weighted by Gasteiger charge is -2.02. The molecule has 0 spiro atoms. The third-order valence-corrected chi connectivity index (χ3v) is 3.88. The molecule has 6 nitrogen and oxygen atoms in total. The summed E-state index contributed by atoms with van der Waals surface area (Å²) in [4.78, 5) is 10.2. The van der Waals surface area contributed by atoms with E-state index in [2.05, 4.69) is 21.1 Å². The second kappa shape index (κ2) is 6.31. The minimum absolute atomic E-state index is 0.00831. The fraction of sp³-hybridized carbons (Fsp3) is 0.0625. The lowest BCUT2D eigenvalue weighted by atomic mass is 10.0. The van der Waals surface area contributed by atoms with Crippen molar-refractivity contribution in [3.8, 4) is 22.6 Å². The second-order valence-electron chi connectivity index (χ2n) is 4.81. The number of hydrogen-bond acceptors (Lipinski definition) is 5. The fourth-order valence-electron chi connectivity index (χ4n) is 2.28. The number of non-ortho nitro benzene ring substituents is 1. The minimum atomic E-state index is -0.468. The van der Waals surface area contributed by atoms with Crippen molar-refractivity contribution in [2.24, 2.45) is 0 Å². The molecule has 2 aromatic carbocycles. The molecular formula is C16H11BrN2O4. The zero-order valence-corrected chi connectivity index (χ0v) is 13.4. The maximum atomic E-state index is 10.7. The Morgan fingerprint density at radius 3 is 2.52 bits per heavy atom. The van der Waals surface area contributed by atoms with Crippen molar-refractivity contribution in [2.45, 2.75) is 6.61 Å². The van der Waals surface area contributed by atoms with E-state index in [9.17, 15) is 15.2 Å². The van der Waals surface area contributed by atoms with Crippen LogP contribution in [0.4, 0.5) is 5.69 Å². The van der Waals surface area contributed by atoms with E-state index in [0.29, 0.717) is 22.6 Å². The van der Waals surface area contributed by atoms with E-state index in [1.165, 1.54) is 12.1 Å². The minimum Gasteiger partial charge on any atom is -0.391 e. The highest BCUT2D eigenvalue weighted by Gasteiger charge is 2.19. The van der Waals surface area contributed by atoms with Gasteiger partial charge in [-0.2, -0.15) is 0 Å². The van der Waals surface area contributed by atoms with Crippen LogP contribution in [0, 0.1) is 10.1 Å². The van der Waals surface area contributed by atoms with Gasteiger partial charge in [0.2, 0.25) is 0 Å². The molecule has 0 fully saturated rings. The first kappa shape index (κ1) is 15.4. The van der Waals surface area contributed by atoms with Crippen LogP contribution < -0.4 is 0 Å². The molecule has 3 rings (SSSR count). The number of nitrogens with zero attached hydrogens (tertiary/aromatic N) is 2. The zero-order valence-electron chi connectivity index (χ0n) is 11.8. The molecule has 1 heterocycles. The van der Waals surface area contributed by atoms with Crippen LogP contribution in [0.3, 0.4) is 0 Å². The Morgan fingerprint density at radius 2 is 1.91 bits per heavy atom. The summed E-state index contributed by atoms with van der Waals surface area (Å²) in [6, 6.07) is 13.4. The van der Waals surface area contributed by atoms with Crippen LogP contribution in [0.5, 0.6) is 0 Å². The summed E-state index contributed by atoms with van der Waals surface area (Å²) in [6.07, 6.45) is 0. The van der Waals surface area contributed by atoms with E-state index in [1.54, 1.807) is 12.1 Å². The molecule has 0 aliphatic rings. The van der Waals surface area contributed by atoms with Gasteiger partial charge in [-0.1, -0.05) is 33.2 Å². The van der Waals surface area contributed by atoms with E-state index in [4.69, 9.17) is 4.52 Å². The molecule has 1 aromatic heterocycles. The van der Waals surface area contributed by atoms with Crippen molar-refractivity contribution in [3.63, 3.8) is 0 Å². The highest BCUT2D eigenvalue weighted by atomic mass is 79.9. The molecule has 0 amide bonds. The van der Waals surface area contributed by atoms with Crippen molar-refractivity contribution in [2.75, 3.05) is 0 Å². The molecule has 0 bridgehead atoms. The predicted octanol–water partition coefficient (Wildman–Crippen LogP) is 4.17. The molecule has 0 aliphatic carbocycles. The molecule has 0 aliphatic heterocycles. The van der Waals surface area contributed by atoms with Gasteiger partial charge in [0.15, 0.2) is 5.76 Å². The van der Waals surface area contributed by atoms with Crippen molar-refractivity contribution >= 4 is 21.6 Å². The molecule has 0 atom stereocenters. The van der Waals surface area contributed by atoms with E-state index in [1.807, 2.05) is 24.3 Å². The molecule has 1 N–H and O–H groups in total. The normalized spacial score (nSPS) is 10.7. The largest absolute Gasteiger partial charge is 0.391 e. The molecule has 116 valence electrons. The molecule has 3 aromatic rings. The average molecular weight is 375 g/mol. The Morgan fingerprint density at radius 1 is 1.17 bits per heavy atom. The van der Waals surface area contributed by atoms with Crippen LogP contribution in [0.2, 0.25) is 0 Å². The van der Waals surface area contributed by atoms with Gasteiger partial charge in [-0.05, 0) is 24.3 Å². The lowest BCUT2D eigenvalue weighted by molar-refractivity contribution is -0.384. The maximum Gasteiger partial charge on any atom is 0.269 e.